The number of anilines is 3. The predicted octanol–water partition coefficient (Wildman–Crippen LogP) is 16.0. The molecule has 0 radical (unpaired) electrons. The smallest absolute Gasteiger partial charge is 0.0540 e. The summed E-state index contributed by atoms with van der Waals surface area (Å²) in [5.74, 6) is 0. The first-order valence-electron chi connectivity index (χ1n) is 19.2. The Kier molecular flexibility index (Phi) is 7.75. The molecular formula is C54H35NS. The van der Waals surface area contributed by atoms with Gasteiger partial charge in [0.1, 0.15) is 0 Å². The lowest BCUT2D eigenvalue weighted by molar-refractivity contribution is 1.29. The van der Waals surface area contributed by atoms with Gasteiger partial charge in [0.15, 0.2) is 0 Å². The molecule has 0 atom stereocenters. The summed E-state index contributed by atoms with van der Waals surface area (Å²) in [6.45, 7) is 0. The first-order valence-corrected chi connectivity index (χ1v) is 20.0. The maximum Gasteiger partial charge on any atom is 0.0540 e. The summed E-state index contributed by atoms with van der Waals surface area (Å²) in [4.78, 5) is 2.43. The fourth-order valence-corrected chi connectivity index (χ4v) is 9.61. The van der Waals surface area contributed by atoms with Crippen molar-refractivity contribution >= 4 is 80.9 Å². The molecule has 0 N–H and O–H groups in total. The highest BCUT2D eigenvalue weighted by Crippen LogP contribution is 2.45. The topological polar surface area (TPSA) is 3.24 Å². The van der Waals surface area contributed by atoms with Gasteiger partial charge in [-0.15, -0.1) is 11.3 Å². The highest BCUT2D eigenvalue weighted by atomic mass is 32.1. The molecule has 0 aliphatic carbocycles. The van der Waals surface area contributed by atoms with Crippen molar-refractivity contribution in [3.05, 3.63) is 212 Å². The van der Waals surface area contributed by atoms with Gasteiger partial charge in [0.05, 0.1) is 5.69 Å². The molecule has 0 amide bonds. The second-order valence-electron chi connectivity index (χ2n) is 14.5. The Hall–Kier alpha value is -7.00. The molecule has 0 aliphatic rings. The lowest BCUT2D eigenvalue weighted by Crippen LogP contribution is -2.11. The number of thiophene rings is 1. The molecular weight excluding hydrogens is 695 g/mol. The van der Waals surface area contributed by atoms with E-state index in [1.54, 1.807) is 0 Å². The lowest BCUT2D eigenvalue weighted by atomic mass is 9.94. The Morgan fingerprint density at radius 3 is 1.75 bits per heavy atom. The van der Waals surface area contributed by atoms with Gasteiger partial charge in [0.25, 0.3) is 0 Å². The first kappa shape index (κ1) is 32.4. The molecule has 2 heteroatoms. The van der Waals surface area contributed by atoms with Gasteiger partial charge in [-0.2, -0.15) is 0 Å². The molecule has 1 nitrogen and oxygen atoms in total. The Morgan fingerprint density at radius 2 is 0.875 bits per heavy atom. The summed E-state index contributed by atoms with van der Waals surface area (Å²) in [5, 5.41) is 10.2. The third kappa shape index (κ3) is 5.54. The molecule has 56 heavy (non-hydrogen) atoms. The van der Waals surface area contributed by atoms with Crippen LogP contribution in [0.4, 0.5) is 17.1 Å². The summed E-state index contributed by atoms with van der Waals surface area (Å²) in [6, 6.07) is 77.8. The molecule has 0 saturated heterocycles. The largest absolute Gasteiger partial charge is 0.310 e. The van der Waals surface area contributed by atoms with Crippen LogP contribution in [0.15, 0.2) is 212 Å². The number of hydrogen-bond acceptors (Lipinski definition) is 2. The van der Waals surface area contributed by atoms with E-state index < -0.39 is 0 Å². The molecule has 1 heterocycles. The summed E-state index contributed by atoms with van der Waals surface area (Å²) in [7, 11) is 0. The van der Waals surface area contributed by atoms with Crippen molar-refractivity contribution in [3.63, 3.8) is 0 Å². The van der Waals surface area contributed by atoms with Crippen LogP contribution in [0, 0.1) is 0 Å². The Bertz CT molecular complexity index is 3260. The average Bonchev–Trinajstić information content (AvgIpc) is 3.65. The number of hydrogen-bond donors (Lipinski definition) is 0. The maximum absolute atomic E-state index is 2.43. The standard InChI is InChI=1S/C54H35NS/c1-3-16-45-37(11-1)13-10-20-47(45)40-14-9-15-41(34-40)49-18-5-7-21-52(49)55(44-30-32-54-51(35-44)50-19-6-8-22-53(50)56-54)43-28-25-36(26-29-43)39-27-31-48-42(33-39)24-23-38-12-2-4-17-46(38)48/h1-35H. The minimum atomic E-state index is 1.11. The molecule has 0 spiro atoms. The third-order valence-corrected chi connectivity index (χ3v) is 12.4. The van der Waals surface area contributed by atoms with Gasteiger partial charge in [-0.1, -0.05) is 158 Å². The second kappa shape index (κ2) is 13.4. The highest BCUT2D eigenvalue weighted by molar-refractivity contribution is 7.25. The van der Waals surface area contributed by atoms with E-state index in [1.807, 2.05) is 11.3 Å². The zero-order chi connectivity index (χ0) is 37.0. The van der Waals surface area contributed by atoms with Crippen molar-refractivity contribution < 1.29 is 0 Å². The molecule has 0 fully saturated rings. The van der Waals surface area contributed by atoms with Crippen LogP contribution in [0.5, 0.6) is 0 Å². The van der Waals surface area contributed by atoms with Crippen LogP contribution in [-0.2, 0) is 0 Å². The van der Waals surface area contributed by atoms with Crippen LogP contribution in [0.2, 0.25) is 0 Å². The van der Waals surface area contributed by atoms with E-state index in [2.05, 4.69) is 217 Å². The van der Waals surface area contributed by atoms with Crippen molar-refractivity contribution in [2.75, 3.05) is 4.90 Å². The van der Waals surface area contributed by atoms with Crippen LogP contribution in [0.1, 0.15) is 0 Å². The highest BCUT2D eigenvalue weighted by Gasteiger charge is 2.19. The summed E-state index contributed by atoms with van der Waals surface area (Å²) in [5.41, 5.74) is 10.6. The van der Waals surface area contributed by atoms with Crippen LogP contribution in [0.25, 0.3) is 85.9 Å². The van der Waals surface area contributed by atoms with Gasteiger partial charge in [0, 0.05) is 37.1 Å². The SMILES string of the molecule is c1cc(-c2ccccc2N(c2ccc(-c3ccc4c(ccc5ccccc54)c3)cc2)c2ccc3sc4ccccc4c3c2)cc(-c2cccc3ccccc23)c1. The van der Waals surface area contributed by atoms with Crippen molar-refractivity contribution in [2.45, 2.75) is 0 Å². The molecule has 262 valence electrons. The van der Waals surface area contributed by atoms with Gasteiger partial charge in [-0.3, -0.25) is 0 Å². The number of para-hydroxylation sites is 1. The fourth-order valence-electron chi connectivity index (χ4n) is 8.52. The van der Waals surface area contributed by atoms with Crippen molar-refractivity contribution in [1.29, 1.82) is 0 Å². The minimum absolute atomic E-state index is 1.11. The Labute approximate surface area is 330 Å². The maximum atomic E-state index is 2.43. The molecule has 0 unspecified atom stereocenters. The zero-order valence-corrected chi connectivity index (χ0v) is 31.4. The molecule has 0 aliphatic heterocycles. The molecule has 0 saturated carbocycles. The molecule has 0 bridgehead atoms. The third-order valence-electron chi connectivity index (χ3n) is 11.2. The molecule has 10 aromatic carbocycles. The van der Waals surface area contributed by atoms with Crippen LogP contribution in [-0.4, -0.2) is 0 Å². The molecule has 11 rings (SSSR count). The van der Waals surface area contributed by atoms with Crippen molar-refractivity contribution in [2.24, 2.45) is 0 Å². The van der Waals surface area contributed by atoms with Gasteiger partial charge < -0.3 is 4.90 Å². The van der Waals surface area contributed by atoms with Gasteiger partial charge in [0.2, 0.25) is 0 Å². The number of rotatable bonds is 6. The Balaban J connectivity index is 1.05. The average molecular weight is 730 g/mol. The van der Waals surface area contributed by atoms with E-state index in [0.29, 0.717) is 0 Å². The van der Waals surface area contributed by atoms with Crippen molar-refractivity contribution in [3.8, 4) is 33.4 Å². The van der Waals surface area contributed by atoms with E-state index in [-0.39, 0.29) is 0 Å². The summed E-state index contributed by atoms with van der Waals surface area (Å²) in [6.07, 6.45) is 0. The summed E-state index contributed by atoms with van der Waals surface area (Å²) < 4.78 is 2.61. The van der Waals surface area contributed by atoms with E-state index >= 15 is 0 Å². The zero-order valence-electron chi connectivity index (χ0n) is 30.6. The van der Waals surface area contributed by atoms with E-state index in [1.165, 1.54) is 85.9 Å². The number of benzene rings is 10. The fraction of sp³-hybridized carbons (Fsp3) is 0. The number of fused-ring (bicyclic) bond motifs is 7. The minimum Gasteiger partial charge on any atom is -0.310 e. The van der Waals surface area contributed by atoms with Crippen LogP contribution >= 0.6 is 11.3 Å². The van der Waals surface area contributed by atoms with Crippen molar-refractivity contribution in [1.82, 2.24) is 0 Å². The monoisotopic (exact) mass is 729 g/mol. The van der Waals surface area contributed by atoms with Crippen LogP contribution in [0.3, 0.4) is 0 Å². The van der Waals surface area contributed by atoms with Gasteiger partial charge >= 0.3 is 0 Å². The van der Waals surface area contributed by atoms with E-state index in [9.17, 15) is 0 Å². The van der Waals surface area contributed by atoms with Crippen LogP contribution < -0.4 is 4.90 Å². The predicted molar refractivity (Wildman–Crippen MR) is 243 cm³/mol. The van der Waals surface area contributed by atoms with E-state index in [0.717, 1.165) is 17.1 Å². The first-order chi connectivity index (χ1) is 27.7. The van der Waals surface area contributed by atoms with E-state index in [4.69, 9.17) is 0 Å². The second-order valence-corrected chi connectivity index (χ2v) is 15.6. The summed E-state index contributed by atoms with van der Waals surface area (Å²) >= 11 is 1.86. The molecule has 1 aromatic heterocycles. The number of nitrogens with zero attached hydrogens (tertiary/aromatic N) is 1. The lowest BCUT2D eigenvalue weighted by Gasteiger charge is -2.28. The van der Waals surface area contributed by atoms with Gasteiger partial charge in [-0.05, 0) is 115 Å². The Morgan fingerprint density at radius 1 is 0.286 bits per heavy atom. The normalized spacial score (nSPS) is 11.6. The quantitative estimate of drug-likeness (QED) is 0.154. The molecule has 11 aromatic rings. The van der Waals surface area contributed by atoms with Gasteiger partial charge in [-0.25, -0.2) is 0 Å².